The highest BCUT2D eigenvalue weighted by Crippen LogP contribution is 2.34. The van der Waals surface area contributed by atoms with E-state index in [0.717, 1.165) is 25.3 Å². The summed E-state index contributed by atoms with van der Waals surface area (Å²) in [6, 6.07) is 12.5. The number of hydrogen-bond donors (Lipinski definition) is 2. The van der Waals surface area contributed by atoms with Crippen LogP contribution in [0.3, 0.4) is 0 Å². The second-order valence-electron chi connectivity index (χ2n) is 9.06. The van der Waals surface area contributed by atoms with Gasteiger partial charge in [0.1, 0.15) is 11.4 Å². The minimum absolute atomic E-state index is 0.0384. The molecule has 0 aliphatic heterocycles. The van der Waals surface area contributed by atoms with Gasteiger partial charge in [-0.25, -0.2) is 4.98 Å². The first-order valence-corrected chi connectivity index (χ1v) is 12.0. The zero-order chi connectivity index (χ0) is 25.2. The molecule has 1 amide bonds. The van der Waals surface area contributed by atoms with Crippen LogP contribution in [-0.2, 0) is 6.18 Å². The number of ether oxygens (including phenoxy) is 1. The number of nitrogens with zero attached hydrogens (tertiary/aromatic N) is 1. The summed E-state index contributed by atoms with van der Waals surface area (Å²) in [7, 11) is 0. The number of hydrogen-bond acceptors (Lipinski definition) is 4. The zero-order valence-electron chi connectivity index (χ0n) is 19.5. The predicted octanol–water partition coefficient (Wildman–Crippen LogP) is 6.85. The van der Waals surface area contributed by atoms with Crippen LogP contribution in [0.25, 0.3) is 10.9 Å². The molecule has 1 fully saturated rings. The first-order chi connectivity index (χ1) is 16.6. The highest BCUT2D eigenvalue weighted by Gasteiger charge is 2.34. The van der Waals surface area contributed by atoms with E-state index in [1.165, 1.54) is 0 Å². The van der Waals surface area contributed by atoms with Crippen LogP contribution in [-0.4, -0.2) is 29.1 Å². The third-order valence-corrected chi connectivity index (χ3v) is 6.23. The van der Waals surface area contributed by atoms with Crippen LogP contribution >= 0.6 is 11.6 Å². The highest BCUT2D eigenvalue weighted by atomic mass is 35.5. The van der Waals surface area contributed by atoms with Crippen molar-refractivity contribution in [3.05, 3.63) is 64.8 Å². The molecule has 2 N–H and O–H groups in total. The summed E-state index contributed by atoms with van der Waals surface area (Å²) < 4.78 is 45.8. The average molecular weight is 506 g/mol. The number of benzene rings is 2. The third-order valence-electron chi connectivity index (χ3n) is 5.93. The monoisotopic (exact) mass is 505 g/mol. The Labute approximate surface area is 207 Å². The standard InChI is InChI=1S/C26H27ClF3N3O2/c1-15(2)35-23-11-10-16(12-20(23)27)25(34)32-18-7-5-6-17(13-18)31-22-14-24(26(28,29)30)33-21-9-4-3-8-19(21)22/h3-4,8-12,14-15,17-18H,5-7,13H2,1-2H3,(H,31,33)(H,32,34)/t17-,18+/m0/s1. The topological polar surface area (TPSA) is 63.2 Å². The number of anilines is 1. The minimum atomic E-state index is -4.54. The van der Waals surface area contributed by atoms with Crippen molar-refractivity contribution in [3.63, 3.8) is 0 Å². The first-order valence-electron chi connectivity index (χ1n) is 11.6. The van der Waals surface area contributed by atoms with Crippen molar-refractivity contribution in [2.75, 3.05) is 5.32 Å². The molecule has 0 bridgehead atoms. The highest BCUT2D eigenvalue weighted by molar-refractivity contribution is 6.32. The van der Waals surface area contributed by atoms with Gasteiger partial charge < -0.3 is 15.4 Å². The lowest BCUT2D eigenvalue weighted by atomic mass is 9.90. The zero-order valence-corrected chi connectivity index (χ0v) is 20.2. The minimum Gasteiger partial charge on any atom is -0.489 e. The molecule has 0 unspecified atom stereocenters. The fourth-order valence-corrected chi connectivity index (χ4v) is 4.60. The quantitative estimate of drug-likeness (QED) is 0.384. The summed E-state index contributed by atoms with van der Waals surface area (Å²) in [6.45, 7) is 3.78. The lowest BCUT2D eigenvalue weighted by Crippen LogP contribution is -2.41. The summed E-state index contributed by atoms with van der Waals surface area (Å²) in [5.41, 5.74) is 0.178. The van der Waals surface area contributed by atoms with Crippen molar-refractivity contribution >= 4 is 34.1 Å². The number of nitrogens with one attached hydrogen (secondary N) is 2. The maximum atomic E-state index is 13.4. The fraction of sp³-hybridized carbons (Fsp3) is 0.385. The van der Waals surface area contributed by atoms with Gasteiger partial charge in [0.2, 0.25) is 0 Å². The van der Waals surface area contributed by atoms with Gasteiger partial charge in [-0.2, -0.15) is 13.2 Å². The molecule has 1 aliphatic rings. The third kappa shape index (κ3) is 6.17. The van der Waals surface area contributed by atoms with Crippen LogP contribution in [0.5, 0.6) is 5.75 Å². The molecule has 35 heavy (non-hydrogen) atoms. The van der Waals surface area contributed by atoms with Crippen LogP contribution in [0.4, 0.5) is 18.9 Å². The van der Waals surface area contributed by atoms with E-state index in [0.29, 0.717) is 33.8 Å². The second kappa shape index (κ2) is 10.3. The van der Waals surface area contributed by atoms with Crippen molar-refractivity contribution in [3.8, 4) is 5.75 Å². The van der Waals surface area contributed by atoms with Crippen molar-refractivity contribution < 1.29 is 22.7 Å². The largest absolute Gasteiger partial charge is 0.489 e. The van der Waals surface area contributed by atoms with Gasteiger partial charge in [0.15, 0.2) is 0 Å². The number of carbonyl (C=O) groups excluding carboxylic acids is 1. The number of rotatable bonds is 6. The van der Waals surface area contributed by atoms with Crippen molar-refractivity contribution in [2.45, 2.75) is 63.9 Å². The first kappa shape index (κ1) is 25.1. The molecular formula is C26H27ClF3N3O2. The molecule has 0 saturated heterocycles. The molecule has 9 heteroatoms. The van der Waals surface area contributed by atoms with Crippen LogP contribution in [0.1, 0.15) is 55.6 Å². The van der Waals surface area contributed by atoms with Gasteiger partial charge in [-0.1, -0.05) is 29.8 Å². The lowest BCUT2D eigenvalue weighted by molar-refractivity contribution is -0.140. The Morgan fingerprint density at radius 1 is 1.11 bits per heavy atom. The Morgan fingerprint density at radius 2 is 1.86 bits per heavy atom. The molecule has 5 nitrogen and oxygen atoms in total. The summed E-state index contributed by atoms with van der Waals surface area (Å²) in [5, 5.41) is 7.32. The van der Waals surface area contributed by atoms with E-state index in [2.05, 4.69) is 15.6 Å². The molecule has 186 valence electrons. The molecule has 1 aliphatic carbocycles. The fourth-order valence-electron chi connectivity index (χ4n) is 4.37. The van der Waals surface area contributed by atoms with Gasteiger partial charge in [-0.3, -0.25) is 4.79 Å². The number of fused-ring (bicyclic) bond motifs is 1. The summed E-state index contributed by atoms with van der Waals surface area (Å²) in [5.74, 6) is 0.269. The number of halogens is 4. The summed E-state index contributed by atoms with van der Waals surface area (Å²) >= 11 is 6.27. The number of para-hydroxylation sites is 1. The normalized spacial score (nSPS) is 18.5. The van der Waals surface area contributed by atoms with E-state index in [4.69, 9.17) is 16.3 Å². The smallest absolute Gasteiger partial charge is 0.433 e. The molecular weight excluding hydrogens is 479 g/mol. The van der Waals surface area contributed by atoms with Crippen LogP contribution in [0.15, 0.2) is 48.5 Å². The number of alkyl halides is 3. The predicted molar refractivity (Wildman–Crippen MR) is 131 cm³/mol. The van der Waals surface area contributed by atoms with E-state index >= 15 is 0 Å². The van der Waals surface area contributed by atoms with Crippen LogP contribution < -0.4 is 15.4 Å². The molecule has 1 aromatic heterocycles. The Kier molecular flexibility index (Phi) is 7.40. The molecule has 3 aromatic rings. The lowest BCUT2D eigenvalue weighted by Gasteiger charge is -2.31. The second-order valence-corrected chi connectivity index (χ2v) is 9.47. The maximum Gasteiger partial charge on any atom is 0.433 e. The van der Waals surface area contributed by atoms with Crippen molar-refractivity contribution in [2.24, 2.45) is 0 Å². The number of amides is 1. The molecule has 0 spiro atoms. The van der Waals surface area contributed by atoms with E-state index in [9.17, 15) is 18.0 Å². The van der Waals surface area contributed by atoms with E-state index in [1.54, 1.807) is 42.5 Å². The van der Waals surface area contributed by atoms with E-state index in [-0.39, 0.29) is 29.6 Å². The van der Waals surface area contributed by atoms with Crippen molar-refractivity contribution in [1.29, 1.82) is 0 Å². The van der Waals surface area contributed by atoms with Crippen LogP contribution in [0.2, 0.25) is 5.02 Å². The molecule has 2 aromatic carbocycles. The SMILES string of the molecule is CC(C)Oc1ccc(C(=O)N[C@@H]2CCC[C@H](Nc3cc(C(F)(F)F)nc4ccccc34)C2)cc1Cl. The van der Waals surface area contributed by atoms with Crippen molar-refractivity contribution in [1.82, 2.24) is 10.3 Å². The van der Waals surface area contributed by atoms with Gasteiger partial charge in [-0.15, -0.1) is 0 Å². The van der Waals surface area contributed by atoms with Gasteiger partial charge in [0.25, 0.3) is 5.91 Å². The van der Waals surface area contributed by atoms with Gasteiger partial charge in [0.05, 0.1) is 16.6 Å². The Balaban J connectivity index is 1.46. The number of pyridine rings is 1. The maximum absolute atomic E-state index is 13.4. The van der Waals surface area contributed by atoms with Gasteiger partial charge >= 0.3 is 6.18 Å². The number of carbonyl (C=O) groups is 1. The summed E-state index contributed by atoms with van der Waals surface area (Å²) in [6.07, 6.45) is -1.58. The Hall–Kier alpha value is -3.00. The Morgan fingerprint density at radius 3 is 2.57 bits per heavy atom. The molecule has 4 rings (SSSR count). The van der Waals surface area contributed by atoms with E-state index in [1.807, 2.05) is 13.8 Å². The van der Waals surface area contributed by atoms with Gasteiger partial charge in [0, 0.05) is 28.7 Å². The molecule has 0 radical (unpaired) electrons. The van der Waals surface area contributed by atoms with Gasteiger partial charge in [-0.05, 0) is 69.9 Å². The molecule has 1 saturated carbocycles. The molecule has 2 atom stereocenters. The Bertz CT molecular complexity index is 1220. The van der Waals surface area contributed by atoms with E-state index < -0.39 is 11.9 Å². The summed E-state index contributed by atoms with van der Waals surface area (Å²) in [4.78, 5) is 16.6. The molecule has 1 heterocycles. The number of aromatic nitrogens is 1. The van der Waals surface area contributed by atoms with Crippen LogP contribution in [0, 0.1) is 0 Å². The average Bonchev–Trinajstić information content (AvgIpc) is 2.79.